The van der Waals surface area contributed by atoms with Crippen LogP contribution >= 0.6 is 0 Å². The van der Waals surface area contributed by atoms with E-state index in [2.05, 4.69) is 38.2 Å². The number of allylic oxidation sites excluding steroid dienone is 4. The molecule has 0 aliphatic heterocycles. The molecule has 466 valence electrons. The van der Waals surface area contributed by atoms with Crippen LogP contribution in [0.2, 0.25) is 0 Å². The summed E-state index contributed by atoms with van der Waals surface area (Å²) in [4.78, 5) is 37.5. The van der Waals surface area contributed by atoms with Crippen LogP contribution in [0, 0.1) is 0 Å². The van der Waals surface area contributed by atoms with Crippen molar-refractivity contribution in [2.24, 2.45) is 0 Å². The normalized spacial score (nSPS) is 12.8. The Morgan fingerprint density at radius 3 is 1.00 bits per heavy atom. The molecule has 0 aromatic carbocycles. The van der Waals surface area contributed by atoms with E-state index >= 15 is 0 Å². The number of esters is 2. The van der Waals surface area contributed by atoms with Gasteiger partial charge in [-0.25, -0.2) is 0 Å². The number of carbonyl (C=O) groups excluding carboxylic acids is 3. The molecule has 79 heavy (non-hydrogen) atoms. The SMILES string of the molecule is CCCCCCC/C=C\C/C=C\CCCCCCCCCCCCCCCCCCCCCC(=O)OC(COC(=O)CCCCCCCCCCCCCCCCCCCCCCCCC)COC(OCC[N+](C)(C)C)C(=O)[O-]. The van der Waals surface area contributed by atoms with Crippen molar-refractivity contribution in [2.75, 3.05) is 47.5 Å². The Labute approximate surface area is 490 Å². The molecule has 0 saturated carbocycles. The second-order valence-electron chi connectivity index (χ2n) is 24.8. The van der Waals surface area contributed by atoms with Crippen molar-refractivity contribution in [3.05, 3.63) is 24.3 Å². The van der Waals surface area contributed by atoms with Gasteiger partial charge in [-0.15, -0.1) is 0 Å². The predicted octanol–water partition coefficient (Wildman–Crippen LogP) is 19.7. The molecule has 0 amide bonds. The van der Waals surface area contributed by atoms with Gasteiger partial charge in [0.05, 0.1) is 40.3 Å². The molecule has 0 radical (unpaired) electrons. The zero-order valence-electron chi connectivity index (χ0n) is 53.3. The molecule has 0 saturated heterocycles. The van der Waals surface area contributed by atoms with E-state index in [1.54, 1.807) is 0 Å². The first kappa shape index (κ1) is 76.8. The monoisotopic (exact) mass is 1120 g/mol. The Balaban J connectivity index is 4.06. The molecule has 2 atom stereocenters. The molecule has 9 heteroatoms. The number of carboxylic acids is 1. The van der Waals surface area contributed by atoms with Crippen LogP contribution in [0.15, 0.2) is 24.3 Å². The van der Waals surface area contributed by atoms with E-state index in [4.69, 9.17) is 18.9 Å². The molecule has 0 heterocycles. The van der Waals surface area contributed by atoms with Gasteiger partial charge in [0.25, 0.3) is 0 Å². The number of ether oxygens (including phenoxy) is 4. The first-order valence-electron chi connectivity index (χ1n) is 34.5. The highest BCUT2D eigenvalue weighted by molar-refractivity contribution is 5.70. The van der Waals surface area contributed by atoms with Gasteiger partial charge in [0.15, 0.2) is 12.4 Å². The van der Waals surface area contributed by atoms with Gasteiger partial charge in [-0.1, -0.05) is 314 Å². The second kappa shape index (κ2) is 61.8. The zero-order valence-corrected chi connectivity index (χ0v) is 53.3. The Bertz CT molecular complexity index is 1340. The Kier molecular flexibility index (Phi) is 60.1. The molecule has 0 N–H and O–H groups in total. The molecular formula is C70H133NO8. The predicted molar refractivity (Wildman–Crippen MR) is 334 cm³/mol. The van der Waals surface area contributed by atoms with Gasteiger partial charge in [0.2, 0.25) is 0 Å². The lowest BCUT2D eigenvalue weighted by molar-refractivity contribution is -0.870. The highest BCUT2D eigenvalue weighted by Gasteiger charge is 2.22. The number of aliphatic carboxylic acids is 1. The molecule has 0 bridgehead atoms. The van der Waals surface area contributed by atoms with Crippen molar-refractivity contribution in [1.82, 2.24) is 0 Å². The molecule has 0 aliphatic rings. The van der Waals surface area contributed by atoms with E-state index < -0.39 is 24.3 Å². The quantitative estimate of drug-likeness (QED) is 0.0195. The Hall–Kier alpha value is -2.23. The van der Waals surface area contributed by atoms with Crippen LogP contribution in [0.5, 0.6) is 0 Å². The fourth-order valence-electron chi connectivity index (χ4n) is 10.4. The lowest BCUT2D eigenvalue weighted by Gasteiger charge is -2.26. The number of nitrogens with zero attached hydrogens (tertiary/aromatic N) is 1. The van der Waals surface area contributed by atoms with E-state index in [1.165, 1.54) is 276 Å². The minimum absolute atomic E-state index is 0.152. The number of unbranched alkanes of at least 4 members (excludes halogenated alkanes) is 46. The van der Waals surface area contributed by atoms with Crippen molar-refractivity contribution in [3.63, 3.8) is 0 Å². The summed E-state index contributed by atoms with van der Waals surface area (Å²) in [7, 11) is 5.94. The molecule has 0 aromatic heterocycles. The molecular weight excluding hydrogens is 983 g/mol. The van der Waals surface area contributed by atoms with Crippen molar-refractivity contribution < 1.29 is 42.9 Å². The lowest BCUT2D eigenvalue weighted by atomic mass is 10.0. The molecule has 0 aromatic rings. The molecule has 9 nitrogen and oxygen atoms in total. The second-order valence-corrected chi connectivity index (χ2v) is 24.8. The fraction of sp³-hybridized carbons (Fsp3) is 0.900. The summed E-state index contributed by atoms with van der Waals surface area (Å²) in [6.45, 7) is 4.81. The number of rotatable bonds is 65. The lowest BCUT2D eigenvalue weighted by Crippen LogP contribution is -2.44. The van der Waals surface area contributed by atoms with Gasteiger partial charge in [-0.2, -0.15) is 0 Å². The molecule has 0 spiro atoms. The average molecular weight is 1120 g/mol. The summed E-state index contributed by atoms with van der Waals surface area (Å²) in [5.41, 5.74) is 0. The largest absolute Gasteiger partial charge is 0.545 e. The highest BCUT2D eigenvalue weighted by Crippen LogP contribution is 2.19. The van der Waals surface area contributed by atoms with E-state index in [1.807, 2.05) is 21.1 Å². The van der Waals surface area contributed by atoms with Crippen LogP contribution in [0.1, 0.15) is 348 Å². The third kappa shape index (κ3) is 63.2. The smallest absolute Gasteiger partial charge is 0.306 e. The standard InChI is InChI=1S/C70H133NO8/c1-6-8-10-12-14-16-18-20-22-24-26-28-30-31-32-33-34-35-36-37-39-41-43-45-47-49-51-53-55-57-59-61-68(73)79-66(65-78-70(69(74)75)76-63-62-71(3,4)5)64-77-67(72)60-58-56-54-52-50-48-46-44-42-40-38-29-27-25-23-21-19-17-15-13-11-9-7-2/h18,20,24,26,66,70H,6-17,19,21-23,25,27-65H2,1-5H3/b20-18-,26-24-. The average Bonchev–Trinajstić information content (AvgIpc) is 3.42. The zero-order chi connectivity index (χ0) is 57.6. The maximum absolute atomic E-state index is 12.9. The van der Waals surface area contributed by atoms with Crippen molar-refractivity contribution >= 4 is 17.9 Å². The number of hydrogen-bond acceptors (Lipinski definition) is 8. The van der Waals surface area contributed by atoms with Crippen LogP contribution in [0.25, 0.3) is 0 Å². The van der Waals surface area contributed by atoms with Crippen LogP contribution in [0.3, 0.4) is 0 Å². The summed E-state index contributed by atoms with van der Waals surface area (Å²) in [5, 5.41) is 11.8. The summed E-state index contributed by atoms with van der Waals surface area (Å²) in [6, 6.07) is 0. The Morgan fingerprint density at radius 2 is 0.684 bits per heavy atom. The van der Waals surface area contributed by atoms with Crippen molar-refractivity contribution in [2.45, 2.75) is 360 Å². The van der Waals surface area contributed by atoms with E-state index in [9.17, 15) is 19.5 Å². The number of quaternary nitrogens is 1. The summed E-state index contributed by atoms with van der Waals surface area (Å²) in [6.07, 6.45) is 72.6. The first-order valence-corrected chi connectivity index (χ1v) is 34.5. The first-order chi connectivity index (χ1) is 38.6. The molecule has 0 fully saturated rings. The van der Waals surface area contributed by atoms with E-state index in [-0.39, 0.29) is 32.2 Å². The minimum atomic E-state index is -1.62. The maximum Gasteiger partial charge on any atom is 0.306 e. The topological polar surface area (TPSA) is 111 Å². The van der Waals surface area contributed by atoms with Crippen LogP contribution in [-0.4, -0.2) is 82.3 Å². The molecule has 2 unspecified atom stereocenters. The molecule has 0 rings (SSSR count). The number of likely N-dealkylation sites (N-methyl/N-ethyl adjacent to an activating group) is 1. The molecule has 0 aliphatic carbocycles. The number of hydrogen-bond donors (Lipinski definition) is 0. The highest BCUT2D eigenvalue weighted by atomic mass is 16.7. The minimum Gasteiger partial charge on any atom is -0.545 e. The van der Waals surface area contributed by atoms with E-state index in [0.717, 1.165) is 44.9 Å². The Morgan fingerprint density at radius 1 is 0.380 bits per heavy atom. The number of carbonyl (C=O) groups is 3. The van der Waals surface area contributed by atoms with E-state index in [0.29, 0.717) is 17.4 Å². The van der Waals surface area contributed by atoms with Crippen LogP contribution in [0.4, 0.5) is 0 Å². The maximum atomic E-state index is 12.9. The van der Waals surface area contributed by atoms with Crippen LogP contribution < -0.4 is 5.11 Å². The fourth-order valence-corrected chi connectivity index (χ4v) is 10.4. The van der Waals surface area contributed by atoms with Gasteiger partial charge in [-0.05, 0) is 44.9 Å². The summed E-state index contributed by atoms with van der Waals surface area (Å²) in [5.74, 6) is -2.25. The van der Waals surface area contributed by atoms with Crippen LogP contribution in [-0.2, 0) is 33.3 Å². The third-order valence-corrected chi connectivity index (χ3v) is 15.7. The number of carboxylic acid groups (broad SMARTS) is 1. The van der Waals surface area contributed by atoms with Gasteiger partial charge in [0.1, 0.15) is 13.2 Å². The van der Waals surface area contributed by atoms with Gasteiger partial charge < -0.3 is 33.3 Å². The van der Waals surface area contributed by atoms with Gasteiger partial charge >= 0.3 is 11.9 Å². The van der Waals surface area contributed by atoms with Gasteiger partial charge in [-0.3, -0.25) is 9.59 Å². The van der Waals surface area contributed by atoms with Crippen molar-refractivity contribution in [1.29, 1.82) is 0 Å². The third-order valence-electron chi connectivity index (χ3n) is 15.7. The van der Waals surface area contributed by atoms with Crippen molar-refractivity contribution in [3.8, 4) is 0 Å². The summed E-state index contributed by atoms with van der Waals surface area (Å²) >= 11 is 0. The summed E-state index contributed by atoms with van der Waals surface area (Å²) < 4.78 is 22.8. The van der Waals surface area contributed by atoms with Gasteiger partial charge in [0, 0.05) is 12.8 Å².